The lowest BCUT2D eigenvalue weighted by Crippen LogP contribution is -2.38. The fourth-order valence-electron chi connectivity index (χ4n) is 1.55. The fraction of sp³-hybridized carbons (Fsp3) is 0.417. The van der Waals surface area contributed by atoms with Crippen molar-refractivity contribution in [1.29, 1.82) is 0 Å². The number of sulfonamides is 1. The molecule has 0 heterocycles. The van der Waals surface area contributed by atoms with Crippen molar-refractivity contribution < 1.29 is 13.2 Å². The number of anilines is 1. The summed E-state index contributed by atoms with van der Waals surface area (Å²) in [5.74, 6) is -0.367. The van der Waals surface area contributed by atoms with Gasteiger partial charge in [-0.15, -0.1) is 0 Å². The van der Waals surface area contributed by atoms with Gasteiger partial charge in [-0.1, -0.05) is 18.5 Å². The number of carbonyl (C=O) groups excluding carboxylic acids is 1. The van der Waals surface area contributed by atoms with E-state index in [1.54, 1.807) is 0 Å². The molecule has 3 N–H and O–H groups in total. The highest BCUT2D eigenvalue weighted by Crippen LogP contribution is 2.32. The minimum Gasteiger partial charge on any atom is -0.398 e. The van der Waals surface area contributed by atoms with Crippen LogP contribution in [0, 0.1) is 0 Å². The van der Waals surface area contributed by atoms with Crippen LogP contribution in [-0.4, -0.2) is 38.8 Å². The number of likely N-dealkylation sites (N-methyl/N-ethyl adjacent to an activating group) is 1. The molecule has 1 amide bonds. The van der Waals surface area contributed by atoms with E-state index in [1.165, 1.54) is 19.2 Å². The minimum atomic E-state index is -3.87. The summed E-state index contributed by atoms with van der Waals surface area (Å²) in [4.78, 5) is 11.6. The van der Waals surface area contributed by atoms with Gasteiger partial charge in [-0.05, 0) is 34.5 Å². The summed E-state index contributed by atoms with van der Waals surface area (Å²) in [5, 5.41) is 2.82. The molecule has 9 heteroatoms. The van der Waals surface area contributed by atoms with Crippen LogP contribution in [0.5, 0.6) is 0 Å². The van der Waals surface area contributed by atoms with E-state index in [1.807, 2.05) is 6.92 Å². The monoisotopic (exact) mass is 397 g/mol. The third-order valence-corrected chi connectivity index (χ3v) is 5.85. The van der Waals surface area contributed by atoms with Gasteiger partial charge in [0.15, 0.2) is 0 Å². The zero-order valence-electron chi connectivity index (χ0n) is 11.7. The van der Waals surface area contributed by atoms with Gasteiger partial charge in [-0.2, -0.15) is 4.31 Å². The number of rotatable bonds is 6. The SMILES string of the molecule is CCCNC(=O)CN(C)S(=O)(=O)c1cc(Cl)cc(N)c1Br. The number of nitrogens with two attached hydrogens (primary N) is 1. The van der Waals surface area contributed by atoms with E-state index < -0.39 is 10.0 Å². The second kappa shape index (κ2) is 7.44. The number of hydrogen-bond acceptors (Lipinski definition) is 4. The summed E-state index contributed by atoms with van der Waals surface area (Å²) in [5.41, 5.74) is 5.90. The summed E-state index contributed by atoms with van der Waals surface area (Å²) < 4.78 is 26.1. The Morgan fingerprint density at radius 1 is 1.48 bits per heavy atom. The first-order chi connectivity index (χ1) is 9.70. The van der Waals surface area contributed by atoms with Gasteiger partial charge in [0.1, 0.15) is 0 Å². The lowest BCUT2D eigenvalue weighted by Gasteiger charge is -2.18. The van der Waals surface area contributed by atoms with Crippen molar-refractivity contribution in [2.45, 2.75) is 18.2 Å². The summed E-state index contributed by atoms with van der Waals surface area (Å²) in [6, 6.07) is 2.73. The number of halogens is 2. The molecule has 21 heavy (non-hydrogen) atoms. The Kier molecular flexibility index (Phi) is 6.45. The van der Waals surface area contributed by atoms with Crippen LogP contribution >= 0.6 is 27.5 Å². The van der Waals surface area contributed by atoms with Gasteiger partial charge < -0.3 is 11.1 Å². The van der Waals surface area contributed by atoms with Crippen LogP contribution < -0.4 is 11.1 Å². The van der Waals surface area contributed by atoms with Crippen LogP contribution in [0.15, 0.2) is 21.5 Å². The highest BCUT2D eigenvalue weighted by Gasteiger charge is 2.26. The third kappa shape index (κ3) is 4.57. The molecule has 0 saturated carbocycles. The first kappa shape index (κ1) is 18.2. The number of hydrogen-bond donors (Lipinski definition) is 2. The Balaban J connectivity index is 3.03. The Hall–Kier alpha value is -0.830. The van der Waals surface area contributed by atoms with Gasteiger partial charge in [0, 0.05) is 24.3 Å². The standard InChI is InChI=1S/C12H17BrClN3O3S/c1-3-4-16-11(18)7-17(2)21(19,20)10-6-8(14)5-9(15)12(10)13/h5-6H,3-4,7,15H2,1-2H3,(H,16,18). The number of nitrogen functional groups attached to an aromatic ring is 1. The molecule has 0 aliphatic heterocycles. The second-order valence-electron chi connectivity index (χ2n) is 4.42. The van der Waals surface area contributed by atoms with Crippen molar-refractivity contribution >= 4 is 49.1 Å². The molecule has 0 spiro atoms. The number of benzene rings is 1. The average molecular weight is 399 g/mol. The molecule has 6 nitrogen and oxygen atoms in total. The predicted octanol–water partition coefficient (Wildman–Crippen LogP) is 1.83. The molecule has 118 valence electrons. The van der Waals surface area contributed by atoms with Crippen molar-refractivity contribution in [2.75, 3.05) is 25.9 Å². The zero-order valence-corrected chi connectivity index (χ0v) is 14.8. The maximum absolute atomic E-state index is 12.5. The molecule has 0 bridgehead atoms. The van der Waals surface area contributed by atoms with Crippen LogP contribution in [0.1, 0.15) is 13.3 Å². The molecule has 0 fully saturated rings. The molecular formula is C12H17BrClN3O3S. The number of nitrogens with one attached hydrogen (secondary N) is 1. The van der Waals surface area contributed by atoms with Gasteiger partial charge in [0.2, 0.25) is 15.9 Å². The van der Waals surface area contributed by atoms with E-state index in [0.717, 1.165) is 10.7 Å². The van der Waals surface area contributed by atoms with Gasteiger partial charge in [0.05, 0.1) is 15.9 Å². The molecule has 0 saturated heterocycles. The van der Waals surface area contributed by atoms with E-state index in [0.29, 0.717) is 6.54 Å². The van der Waals surface area contributed by atoms with E-state index >= 15 is 0 Å². The molecule has 0 unspecified atom stereocenters. The molecule has 0 aliphatic carbocycles. The lowest BCUT2D eigenvalue weighted by atomic mass is 10.3. The molecule has 1 aromatic rings. The normalized spacial score (nSPS) is 11.7. The molecule has 0 radical (unpaired) electrons. The van der Waals surface area contributed by atoms with Crippen LogP contribution in [0.25, 0.3) is 0 Å². The molecule has 0 atom stereocenters. The maximum Gasteiger partial charge on any atom is 0.244 e. The van der Waals surface area contributed by atoms with Crippen molar-refractivity contribution in [3.63, 3.8) is 0 Å². The quantitative estimate of drug-likeness (QED) is 0.715. The highest BCUT2D eigenvalue weighted by molar-refractivity contribution is 9.10. The highest BCUT2D eigenvalue weighted by atomic mass is 79.9. The Bertz CT molecular complexity index is 637. The zero-order chi connectivity index (χ0) is 16.2. The Morgan fingerprint density at radius 2 is 2.10 bits per heavy atom. The van der Waals surface area contributed by atoms with Crippen molar-refractivity contribution in [3.8, 4) is 0 Å². The van der Waals surface area contributed by atoms with E-state index in [9.17, 15) is 13.2 Å². The van der Waals surface area contributed by atoms with Crippen molar-refractivity contribution in [1.82, 2.24) is 9.62 Å². The second-order valence-corrected chi connectivity index (χ2v) is 7.66. The van der Waals surface area contributed by atoms with Crippen LogP contribution in [0.3, 0.4) is 0 Å². The number of carbonyl (C=O) groups is 1. The van der Waals surface area contributed by atoms with E-state index in [-0.39, 0.29) is 32.5 Å². The first-order valence-corrected chi connectivity index (χ1v) is 8.78. The van der Waals surface area contributed by atoms with Crippen LogP contribution in [0.2, 0.25) is 5.02 Å². The van der Waals surface area contributed by atoms with Gasteiger partial charge in [-0.25, -0.2) is 8.42 Å². The van der Waals surface area contributed by atoms with Gasteiger partial charge >= 0.3 is 0 Å². The summed E-state index contributed by atoms with van der Waals surface area (Å²) >= 11 is 8.98. The molecule has 0 aliphatic rings. The summed E-state index contributed by atoms with van der Waals surface area (Å²) in [6.45, 7) is 2.13. The molecule has 1 rings (SSSR count). The van der Waals surface area contributed by atoms with Crippen LogP contribution in [0.4, 0.5) is 5.69 Å². The largest absolute Gasteiger partial charge is 0.398 e. The lowest BCUT2D eigenvalue weighted by molar-refractivity contribution is -0.121. The topological polar surface area (TPSA) is 92.5 Å². The Morgan fingerprint density at radius 3 is 2.67 bits per heavy atom. The fourth-order valence-corrected chi connectivity index (χ4v) is 3.92. The first-order valence-electron chi connectivity index (χ1n) is 6.17. The number of amides is 1. The minimum absolute atomic E-state index is 0.0710. The summed E-state index contributed by atoms with van der Waals surface area (Å²) in [7, 11) is -2.55. The Labute approximate surface area is 137 Å². The maximum atomic E-state index is 12.5. The number of nitrogens with zero attached hydrogens (tertiary/aromatic N) is 1. The van der Waals surface area contributed by atoms with Crippen molar-refractivity contribution in [2.24, 2.45) is 0 Å². The smallest absolute Gasteiger partial charge is 0.244 e. The predicted molar refractivity (Wildman–Crippen MR) is 86.7 cm³/mol. The molecular weight excluding hydrogens is 382 g/mol. The van der Waals surface area contributed by atoms with Gasteiger partial charge in [0.25, 0.3) is 0 Å². The van der Waals surface area contributed by atoms with Gasteiger partial charge in [-0.3, -0.25) is 4.79 Å². The van der Waals surface area contributed by atoms with Crippen LogP contribution in [-0.2, 0) is 14.8 Å². The molecule has 0 aromatic heterocycles. The van der Waals surface area contributed by atoms with E-state index in [2.05, 4.69) is 21.2 Å². The third-order valence-electron chi connectivity index (χ3n) is 2.66. The van der Waals surface area contributed by atoms with E-state index in [4.69, 9.17) is 17.3 Å². The molecule has 1 aromatic carbocycles. The van der Waals surface area contributed by atoms with Crippen molar-refractivity contribution in [3.05, 3.63) is 21.6 Å². The summed E-state index contributed by atoms with van der Waals surface area (Å²) in [6.07, 6.45) is 0.776. The average Bonchev–Trinajstić information content (AvgIpc) is 2.40.